The average molecular weight is 733 g/mol. The zero-order valence-corrected chi connectivity index (χ0v) is 32.8. The van der Waals surface area contributed by atoms with E-state index >= 15 is 0 Å². The number of hydrogen-bond acceptors (Lipinski definition) is 4. The fourth-order valence-corrected chi connectivity index (χ4v) is 10.6. The Hall–Kier alpha value is -5.74. The first-order chi connectivity index (χ1) is 27.3. The number of hydrogen-bond donors (Lipinski definition) is 0. The molecule has 2 aliphatic heterocycles. The lowest BCUT2D eigenvalue weighted by molar-refractivity contribution is 0.357. The Balaban J connectivity index is 1.19. The molecule has 0 radical (unpaired) electrons. The molecular weight excluding hydrogens is 685 g/mol. The van der Waals surface area contributed by atoms with Gasteiger partial charge in [0.15, 0.2) is 0 Å². The Morgan fingerprint density at radius 1 is 0.429 bits per heavy atom. The zero-order chi connectivity index (χ0) is 37.7. The molecule has 4 atom stereocenters. The van der Waals surface area contributed by atoms with Crippen LogP contribution in [0.5, 0.6) is 0 Å². The van der Waals surface area contributed by atoms with Crippen molar-refractivity contribution < 1.29 is 8.83 Å². The van der Waals surface area contributed by atoms with Crippen LogP contribution in [0.4, 0.5) is 11.4 Å². The van der Waals surface area contributed by atoms with Gasteiger partial charge in [-0.05, 0) is 118 Å². The van der Waals surface area contributed by atoms with E-state index in [1.165, 1.54) is 45.8 Å². The van der Waals surface area contributed by atoms with E-state index in [1.54, 1.807) is 0 Å². The summed E-state index contributed by atoms with van der Waals surface area (Å²) in [6.45, 7) is 13.9. The van der Waals surface area contributed by atoms with Crippen LogP contribution in [0.25, 0.3) is 87.7 Å². The summed E-state index contributed by atoms with van der Waals surface area (Å²) in [5, 5.41) is 9.25. The molecule has 11 rings (SSSR count). The minimum absolute atomic E-state index is 0.692. The SMILES string of the molecule is CC1CC(C)CN(c2ccc3cc4c(cc3c2)oc2c(-c3ccccc3)c3c(oc5cc6cc(N7CC(C)CC(C)C7)ccc6cc53)c(-c3ccccc3)c24)C1. The van der Waals surface area contributed by atoms with Gasteiger partial charge in [0.25, 0.3) is 0 Å². The van der Waals surface area contributed by atoms with Crippen molar-refractivity contribution in [3.05, 3.63) is 121 Å². The third-order valence-corrected chi connectivity index (χ3v) is 12.8. The summed E-state index contributed by atoms with van der Waals surface area (Å²) in [4.78, 5) is 5.14. The van der Waals surface area contributed by atoms with Gasteiger partial charge in [-0.3, -0.25) is 0 Å². The number of furan rings is 2. The van der Waals surface area contributed by atoms with Crippen LogP contribution in [-0.4, -0.2) is 26.2 Å². The van der Waals surface area contributed by atoms with Gasteiger partial charge >= 0.3 is 0 Å². The smallest absolute Gasteiger partial charge is 0.144 e. The number of anilines is 2. The van der Waals surface area contributed by atoms with Crippen molar-refractivity contribution in [3.8, 4) is 22.3 Å². The molecule has 2 saturated heterocycles. The highest BCUT2D eigenvalue weighted by atomic mass is 16.3. The first-order valence-corrected chi connectivity index (χ1v) is 20.7. The monoisotopic (exact) mass is 732 g/mol. The van der Waals surface area contributed by atoms with Gasteiger partial charge in [0.2, 0.25) is 0 Å². The molecule has 0 amide bonds. The summed E-state index contributed by atoms with van der Waals surface area (Å²) in [5.41, 5.74) is 10.6. The lowest BCUT2D eigenvalue weighted by Gasteiger charge is -2.36. The van der Waals surface area contributed by atoms with Crippen LogP contribution in [-0.2, 0) is 0 Å². The van der Waals surface area contributed by atoms with Crippen molar-refractivity contribution in [2.24, 2.45) is 23.7 Å². The zero-order valence-electron chi connectivity index (χ0n) is 32.8. The highest BCUT2D eigenvalue weighted by molar-refractivity contribution is 6.31. The minimum atomic E-state index is 0.692. The second-order valence-electron chi connectivity index (χ2n) is 17.6. The van der Waals surface area contributed by atoms with Gasteiger partial charge in [0.1, 0.15) is 22.3 Å². The summed E-state index contributed by atoms with van der Waals surface area (Å²) in [7, 11) is 0. The van der Waals surface area contributed by atoms with E-state index in [2.05, 4.69) is 159 Å². The van der Waals surface area contributed by atoms with Crippen molar-refractivity contribution in [3.63, 3.8) is 0 Å². The number of piperidine rings is 2. The predicted octanol–water partition coefficient (Wildman–Crippen LogP) is 14.1. The Morgan fingerprint density at radius 2 is 0.821 bits per heavy atom. The molecule has 56 heavy (non-hydrogen) atoms. The molecule has 2 aliphatic rings. The summed E-state index contributed by atoms with van der Waals surface area (Å²) in [6, 6.07) is 44.7. The van der Waals surface area contributed by atoms with Crippen LogP contribution in [0.1, 0.15) is 40.5 Å². The van der Waals surface area contributed by atoms with Crippen molar-refractivity contribution in [1.82, 2.24) is 0 Å². The maximum atomic E-state index is 7.18. The summed E-state index contributed by atoms with van der Waals surface area (Å²) in [6.07, 6.45) is 2.59. The van der Waals surface area contributed by atoms with Gasteiger partial charge in [-0.1, -0.05) is 100 Å². The molecule has 7 aromatic carbocycles. The van der Waals surface area contributed by atoms with Crippen molar-refractivity contribution in [2.45, 2.75) is 40.5 Å². The summed E-state index contributed by atoms with van der Waals surface area (Å²) in [5.74, 6) is 2.77. The van der Waals surface area contributed by atoms with Gasteiger partial charge in [-0.15, -0.1) is 0 Å². The number of fused-ring (bicyclic) bond motifs is 8. The predicted molar refractivity (Wildman–Crippen MR) is 237 cm³/mol. The molecular formula is C52H48N2O2. The van der Waals surface area contributed by atoms with Crippen LogP contribution in [0.15, 0.2) is 130 Å². The molecule has 2 aromatic heterocycles. The third kappa shape index (κ3) is 5.48. The van der Waals surface area contributed by atoms with Gasteiger partial charge in [-0.25, -0.2) is 0 Å². The lowest BCUT2D eigenvalue weighted by Crippen LogP contribution is -2.38. The highest BCUT2D eigenvalue weighted by Gasteiger charge is 2.28. The molecule has 4 unspecified atom stereocenters. The number of benzene rings is 7. The van der Waals surface area contributed by atoms with Crippen molar-refractivity contribution in [2.75, 3.05) is 36.0 Å². The van der Waals surface area contributed by atoms with Crippen LogP contribution in [0, 0.1) is 23.7 Å². The third-order valence-electron chi connectivity index (χ3n) is 12.8. The van der Waals surface area contributed by atoms with Crippen molar-refractivity contribution in [1.29, 1.82) is 0 Å². The quantitative estimate of drug-likeness (QED) is 0.180. The van der Waals surface area contributed by atoms with E-state index in [0.29, 0.717) is 23.7 Å². The molecule has 4 heteroatoms. The second-order valence-corrected chi connectivity index (χ2v) is 17.6. The van der Waals surface area contributed by atoms with Crippen molar-refractivity contribution >= 4 is 76.8 Å². The van der Waals surface area contributed by atoms with Crippen LogP contribution in [0.3, 0.4) is 0 Å². The van der Waals surface area contributed by atoms with E-state index in [1.807, 2.05) is 0 Å². The fourth-order valence-electron chi connectivity index (χ4n) is 10.6. The van der Waals surface area contributed by atoms with Crippen LogP contribution >= 0.6 is 0 Å². The Bertz CT molecular complexity index is 2740. The molecule has 278 valence electrons. The minimum Gasteiger partial charge on any atom is -0.455 e. The Labute approximate surface area is 328 Å². The summed E-state index contributed by atoms with van der Waals surface area (Å²) < 4.78 is 14.4. The molecule has 9 aromatic rings. The van der Waals surface area contributed by atoms with E-state index in [-0.39, 0.29) is 0 Å². The number of nitrogens with zero attached hydrogens (tertiary/aromatic N) is 2. The molecule has 4 nitrogen and oxygen atoms in total. The molecule has 0 bridgehead atoms. The van der Waals surface area contributed by atoms with Crippen LogP contribution < -0.4 is 9.80 Å². The fraction of sp³-hybridized carbons (Fsp3) is 0.269. The Morgan fingerprint density at radius 3 is 1.21 bits per heavy atom. The largest absolute Gasteiger partial charge is 0.455 e. The van der Waals surface area contributed by atoms with Crippen LogP contribution in [0.2, 0.25) is 0 Å². The second kappa shape index (κ2) is 12.9. The highest BCUT2D eigenvalue weighted by Crippen LogP contribution is 2.51. The lowest BCUT2D eigenvalue weighted by atomic mass is 9.89. The molecule has 0 spiro atoms. The van der Waals surface area contributed by atoms with E-state index in [0.717, 1.165) is 92.3 Å². The normalized spacial score (nSPS) is 20.7. The first-order valence-electron chi connectivity index (χ1n) is 20.7. The Kier molecular flexibility index (Phi) is 7.74. The maximum Gasteiger partial charge on any atom is 0.144 e. The van der Waals surface area contributed by atoms with Gasteiger partial charge in [0.05, 0.1) is 0 Å². The molecule has 0 saturated carbocycles. The summed E-state index contributed by atoms with van der Waals surface area (Å²) >= 11 is 0. The van der Waals surface area contributed by atoms with E-state index in [4.69, 9.17) is 8.83 Å². The molecule has 0 aliphatic carbocycles. The molecule has 0 N–H and O–H groups in total. The topological polar surface area (TPSA) is 32.8 Å². The molecule has 4 heterocycles. The maximum absolute atomic E-state index is 7.18. The average Bonchev–Trinajstić information content (AvgIpc) is 3.75. The standard InChI is InChI=1S/C52H48N2O2/c1-31-19-32(2)28-53(27-31)41-17-15-37-23-43-45(25-39(37)21-41)55-51-48(36-13-9-6-10-14-36)50-44-24-38-16-18-42(54-29-33(3)20-34(4)30-54)22-40(38)26-46(44)56-52(50)47(49(43)51)35-11-7-5-8-12-35/h5-18,21-26,31-34H,19-20,27-30H2,1-4H3. The number of rotatable bonds is 4. The first kappa shape index (κ1) is 33.6. The van der Waals surface area contributed by atoms with Gasteiger partial charge < -0.3 is 18.6 Å². The van der Waals surface area contributed by atoms with Gasteiger partial charge in [0, 0.05) is 70.2 Å². The molecule has 2 fully saturated rings. The van der Waals surface area contributed by atoms with E-state index < -0.39 is 0 Å². The van der Waals surface area contributed by atoms with Gasteiger partial charge in [-0.2, -0.15) is 0 Å². The van der Waals surface area contributed by atoms with E-state index in [9.17, 15) is 0 Å².